The van der Waals surface area contributed by atoms with Gasteiger partial charge in [-0.2, -0.15) is 22.9 Å². The number of pyridine rings is 1. The zero-order valence-electron chi connectivity index (χ0n) is 43.8. The number of amides is 3. The molecule has 400 valence electrons. The van der Waals surface area contributed by atoms with Gasteiger partial charge in [0.25, 0.3) is 5.82 Å². The third-order valence-corrected chi connectivity index (χ3v) is 17.0. The molecule has 5 aliphatic rings. The molecule has 76 heavy (non-hydrogen) atoms. The first-order chi connectivity index (χ1) is 36.6. The lowest BCUT2D eigenvalue weighted by atomic mass is 9.82. The lowest BCUT2D eigenvalue weighted by Gasteiger charge is -2.42. The van der Waals surface area contributed by atoms with Crippen LogP contribution in [-0.2, 0) is 33.5 Å². The van der Waals surface area contributed by atoms with Crippen molar-refractivity contribution in [2.45, 2.75) is 129 Å². The molecule has 3 amide bonds. The number of hydrogen-bond acceptors (Lipinski definition) is 12. The number of fused-ring (bicyclic) bond motifs is 1. The van der Waals surface area contributed by atoms with E-state index in [1.165, 1.54) is 5.56 Å². The van der Waals surface area contributed by atoms with E-state index in [9.17, 15) is 27.6 Å². The van der Waals surface area contributed by atoms with Crippen molar-refractivity contribution in [3.8, 4) is 22.3 Å². The van der Waals surface area contributed by atoms with Gasteiger partial charge in [-0.15, -0.1) is 21.5 Å². The molecule has 1 saturated carbocycles. The minimum Gasteiger partial charge on any atom is -0.359 e. The van der Waals surface area contributed by atoms with E-state index < -0.39 is 29.5 Å². The van der Waals surface area contributed by atoms with Crippen LogP contribution in [0.5, 0.6) is 0 Å². The third-order valence-electron chi connectivity index (χ3n) is 16.0. The van der Waals surface area contributed by atoms with Crippen LogP contribution < -0.4 is 15.5 Å². The van der Waals surface area contributed by atoms with Crippen LogP contribution in [0.4, 0.5) is 19.0 Å². The number of carbonyl (C=O) groups excluding carboxylic acids is 3. The number of piperazine rings is 1. The monoisotopic (exact) mass is 1060 g/mol. The summed E-state index contributed by atoms with van der Waals surface area (Å²) in [7, 11) is 0. The standard InChI is InChI=1S/C57H67F3N12O3S/c1-37-50(76-36-63-37)43-16-11-40(12-17-43)35-62-53(74)46-6-5-27-71(46)54(75)51(56(2,3)4)64-52(73)44-18-20-45(21-19-44)68-30-32-70(33-31-68)47-22-13-39(34-61-47)8-7-38-9-14-41(15-10-38)42-25-28-69(29-26-42)49-24-23-48-65-66-55(57(58,59)60)72(48)67-49/h9-17,22,34,36,42,44-46,51H,5-6,18-21,23-33,35H2,1-4H3,(H,62,74)(H,64,73)/t44?,45?,46-,51+/m0/s1. The van der Waals surface area contributed by atoms with Crippen molar-refractivity contribution < 1.29 is 27.6 Å². The molecule has 2 atom stereocenters. The zero-order valence-corrected chi connectivity index (χ0v) is 44.6. The number of piperidine rings is 1. The van der Waals surface area contributed by atoms with Crippen LogP contribution in [0, 0.1) is 30.1 Å². The molecule has 0 radical (unpaired) electrons. The van der Waals surface area contributed by atoms with Gasteiger partial charge in [0.15, 0.2) is 5.82 Å². The van der Waals surface area contributed by atoms with Gasteiger partial charge in [0.1, 0.15) is 23.7 Å². The van der Waals surface area contributed by atoms with Gasteiger partial charge >= 0.3 is 6.18 Å². The van der Waals surface area contributed by atoms with Crippen LogP contribution in [-0.4, -0.2) is 127 Å². The molecule has 15 nitrogen and oxygen atoms in total. The largest absolute Gasteiger partial charge is 0.453 e. The second kappa shape index (κ2) is 22.5. The zero-order chi connectivity index (χ0) is 53.1. The lowest BCUT2D eigenvalue weighted by molar-refractivity contribution is -0.147. The number of amidine groups is 1. The van der Waals surface area contributed by atoms with E-state index in [1.807, 2.05) is 87.9 Å². The lowest BCUT2D eigenvalue weighted by Crippen LogP contribution is -2.58. The quantitative estimate of drug-likeness (QED) is 0.131. The van der Waals surface area contributed by atoms with E-state index in [0.29, 0.717) is 50.1 Å². The Morgan fingerprint density at radius 1 is 0.763 bits per heavy atom. The molecular formula is C57H67F3N12O3S. The number of benzene rings is 2. The second-order valence-corrected chi connectivity index (χ2v) is 22.9. The van der Waals surface area contributed by atoms with Crippen LogP contribution in [0.1, 0.15) is 124 Å². The van der Waals surface area contributed by atoms with Crippen molar-refractivity contribution in [2.75, 3.05) is 50.7 Å². The van der Waals surface area contributed by atoms with E-state index in [4.69, 9.17) is 4.98 Å². The number of aryl methyl sites for hydroxylation is 2. The minimum atomic E-state index is -4.61. The van der Waals surface area contributed by atoms with Crippen molar-refractivity contribution in [1.29, 1.82) is 0 Å². The number of likely N-dealkylation sites (tertiary alicyclic amines) is 2. The summed E-state index contributed by atoms with van der Waals surface area (Å²) >= 11 is 1.61. The molecule has 7 heterocycles. The van der Waals surface area contributed by atoms with Gasteiger partial charge in [0.05, 0.1) is 16.1 Å². The van der Waals surface area contributed by atoms with E-state index >= 15 is 0 Å². The van der Waals surface area contributed by atoms with Crippen LogP contribution in [0.15, 0.2) is 77.5 Å². The summed E-state index contributed by atoms with van der Waals surface area (Å²) in [6, 6.07) is 19.6. The highest BCUT2D eigenvalue weighted by atomic mass is 32.1. The van der Waals surface area contributed by atoms with Crippen molar-refractivity contribution in [1.82, 2.24) is 50.2 Å². The number of carbonyl (C=O) groups is 3. The third kappa shape index (κ3) is 12.0. The summed E-state index contributed by atoms with van der Waals surface area (Å²) in [6.07, 6.45) is 4.60. The highest BCUT2D eigenvalue weighted by molar-refractivity contribution is 7.13. The molecule has 2 N–H and O–H groups in total. The summed E-state index contributed by atoms with van der Waals surface area (Å²) in [5.74, 6) is 7.03. The molecule has 10 rings (SSSR count). The first kappa shape index (κ1) is 52.8. The number of nitrogens with one attached hydrogen (secondary N) is 2. The van der Waals surface area contributed by atoms with Gasteiger partial charge in [-0.25, -0.2) is 9.97 Å². The average Bonchev–Trinajstić information content (AvgIpc) is 4.22. The Labute approximate surface area is 446 Å². The molecule has 19 heteroatoms. The van der Waals surface area contributed by atoms with Crippen LogP contribution in [0.2, 0.25) is 0 Å². The SMILES string of the molecule is Cc1ncsc1-c1ccc(CNC(=O)[C@@H]2CCCN2C(=O)[C@@H](NC(=O)C2CCC(N3CCN(c4ccc(C#Cc5ccc(C6CCN(C7=Nn8c(nnc8C(F)(F)F)CC7)CC6)cc5)cn4)CC3)CC2)C(C)(C)C)cc1. The molecule has 0 unspecified atom stereocenters. The fraction of sp³-hybridized carbons (Fsp3) is 0.509. The molecule has 0 bridgehead atoms. The molecule has 5 aromatic rings. The summed E-state index contributed by atoms with van der Waals surface area (Å²) in [5, 5.41) is 17.6. The fourth-order valence-electron chi connectivity index (χ4n) is 11.5. The Hall–Kier alpha value is -6.65. The van der Waals surface area contributed by atoms with Gasteiger partial charge in [0, 0.05) is 94.5 Å². The van der Waals surface area contributed by atoms with Gasteiger partial charge in [-0.05, 0) is 111 Å². The molecule has 3 aromatic heterocycles. The van der Waals surface area contributed by atoms with Gasteiger partial charge in [-0.3, -0.25) is 19.3 Å². The number of rotatable bonds is 10. The number of nitrogens with zero attached hydrogens (tertiary/aromatic N) is 10. The summed E-state index contributed by atoms with van der Waals surface area (Å²) < 4.78 is 41.2. The normalized spacial score (nSPS) is 21.1. The Balaban J connectivity index is 0.647. The van der Waals surface area contributed by atoms with Crippen LogP contribution >= 0.6 is 11.3 Å². The van der Waals surface area contributed by atoms with Crippen molar-refractivity contribution in [2.24, 2.45) is 16.4 Å². The summed E-state index contributed by atoms with van der Waals surface area (Å²) in [5.41, 5.74) is 7.34. The predicted molar refractivity (Wildman–Crippen MR) is 286 cm³/mol. The molecule has 1 aliphatic carbocycles. The molecule has 3 saturated heterocycles. The highest BCUT2D eigenvalue weighted by Gasteiger charge is 2.44. The van der Waals surface area contributed by atoms with Crippen molar-refractivity contribution in [3.05, 3.63) is 112 Å². The number of anilines is 1. The molecule has 0 spiro atoms. The Kier molecular flexibility index (Phi) is 15.6. The Bertz CT molecular complexity index is 2950. The smallest absolute Gasteiger partial charge is 0.359 e. The van der Waals surface area contributed by atoms with Crippen LogP contribution in [0.3, 0.4) is 0 Å². The Morgan fingerprint density at radius 3 is 2.13 bits per heavy atom. The first-order valence-electron chi connectivity index (χ1n) is 26.8. The van der Waals surface area contributed by atoms with Crippen molar-refractivity contribution >= 4 is 40.7 Å². The topological polar surface area (TPSA) is 157 Å². The molecular weight excluding hydrogens is 990 g/mol. The van der Waals surface area contributed by atoms with Gasteiger partial charge in [0.2, 0.25) is 17.7 Å². The summed E-state index contributed by atoms with van der Waals surface area (Å²) in [6.45, 7) is 13.7. The van der Waals surface area contributed by atoms with E-state index in [2.05, 4.69) is 69.6 Å². The van der Waals surface area contributed by atoms with E-state index in [-0.39, 0.29) is 29.5 Å². The maximum Gasteiger partial charge on any atom is 0.453 e. The van der Waals surface area contributed by atoms with Crippen molar-refractivity contribution in [3.63, 3.8) is 0 Å². The number of thiazole rings is 1. The first-order valence-corrected chi connectivity index (χ1v) is 27.7. The maximum atomic E-state index is 14.3. The van der Waals surface area contributed by atoms with E-state index in [1.54, 1.807) is 16.2 Å². The maximum absolute atomic E-state index is 14.3. The minimum absolute atomic E-state index is 0.0744. The molecule has 4 aliphatic heterocycles. The highest BCUT2D eigenvalue weighted by Crippen LogP contribution is 2.34. The number of alkyl halides is 3. The van der Waals surface area contributed by atoms with E-state index in [0.717, 1.165) is 128 Å². The van der Waals surface area contributed by atoms with Crippen LogP contribution in [0.25, 0.3) is 10.4 Å². The number of halogens is 3. The number of aromatic nitrogens is 5. The predicted octanol–water partition coefficient (Wildman–Crippen LogP) is 8.03. The van der Waals surface area contributed by atoms with Gasteiger partial charge < -0.3 is 25.3 Å². The Morgan fingerprint density at radius 2 is 1.47 bits per heavy atom. The summed E-state index contributed by atoms with van der Waals surface area (Å²) in [4.78, 5) is 60.7. The fourth-order valence-corrected chi connectivity index (χ4v) is 12.3. The number of hydrogen-bond donors (Lipinski definition) is 2. The molecule has 2 aromatic carbocycles. The molecule has 4 fully saturated rings. The average molecular weight is 1060 g/mol. The van der Waals surface area contributed by atoms with Gasteiger partial charge in [-0.1, -0.05) is 69.0 Å². The second-order valence-electron chi connectivity index (χ2n) is 22.0.